The summed E-state index contributed by atoms with van der Waals surface area (Å²) in [5.74, 6) is 0. The second-order valence-electron chi connectivity index (χ2n) is 1.44. The fourth-order valence-electron chi connectivity index (χ4n) is 0.0690. The van der Waals surface area contributed by atoms with Crippen molar-refractivity contribution in [1.82, 2.24) is 0 Å². The zero-order chi connectivity index (χ0) is 17.7. The fraction of sp³-hybridized carbons (Fsp3) is 0.737. The molecule has 212 valence electrons. The van der Waals surface area contributed by atoms with Crippen LogP contribution in [-0.2, 0) is 19.7 Å². The molecular formula is C19H61F2O8U3-. The standard InChI is InChI=1S/2C2H5FO2.2C2H4.2CH4O2.8CH4.CH3.3U/c2*3-5-2-1-4;2*1-2;2*1-3-2;;;;;;;;;;;;/h2*4H,1-2H2;2*1-2H2;2*2H,1H3;8*1H4;1H3;;;/q;;;;;;;;;;;;;;-1;;;. The van der Waals surface area contributed by atoms with Crippen molar-refractivity contribution >= 4 is 0 Å². The number of hydrogen-bond acceptors (Lipinski definition) is 8. The Kier molecular flexibility index (Phi) is 1490. The summed E-state index contributed by atoms with van der Waals surface area (Å²) in [6.07, 6.45) is 0. The van der Waals surface area contributed by atoms with E-state index in [0.29, 0.717) is 0 Å². The normalized spacial score (nSPS) is 4.00. The maximum Gasteiger partial charge on any atom is 0.111 e. The number of rotatable bonds is 4. The summed E-state index contributed by atoms with van der Waals surface area (Å²) in [7, 11) is 2.36. The van der Waals surface area contributed by atoms with Crippen molar-refractivity contribution in [1.29, 1.82) is 0 Å². The molecule has 32 heavy (non-hydrogen) atoms. The van der Waals surface area contributed by atoms with Crippen LogP contribution >= 0.6 is 0 Å². The summed E-state index contributed by atoms with van der Waals surface area (Å²) in [4.78, 5) is 12.4. The molecule has 0 rings (SSSR count). The summed E-state index contributed by atoms with van der Waals surface area (Å²) in [6, 6.07) is 0. The summed E-state index contributed by atoms with van der Waals surface area (Å²) < 4.78 is 20.7. The van der Waals surface area contributed by atoms with E-state index >= 15 is 0 Å². The Bertz CT molecular complexity index is 101. The van der Waals surface area contributed by atoms with Crippen molar-refractivity contribution < 1.29 is 143 Å². The molecule has 0 aliphatic rings. The minimum absolute atomic E-state index is 0. The Balaban J connectivity index is -0.00000000438. The molecule has 0 aromatic rings. The first-order valence-corrected chi connectivity index (χ1v) is 4.70. The van der Waals surface area contributed by atoms with Gasteiger partial charge in [-0.15, -0.1) is 26.3 Å². The molecule has 0 aromatic heterocycles. The summed E-state index contributed by atoms with van der Waals surface area (Å²) in [5, 5.41) is 29.5. The van der Waals surface area contributed by atoms with Gasteiger partial charge in [-0.1, -0.05) is 59.4 Å². The van der Waals surface area contributed by atoms with Crippen molar-refractivity contribution in [3.8, 4) is 0 Å². The van der Waals surface area contributed by atoms with E-state index < -0.39 is 0 Å². The summed E-state index contributed by atoms with van der Waals surface area (Å²) >= 11 is 0. The topological polar surface area (TPSA) is 118 Å². The first kappa shape index (κ1) is 144. The third-order valence-electron chi connectivity index (χ3n) is 0.337. The first-order valence-electron chi connectivity index (χ1n) is 4.70. The van der Waals surface area contributed by atoms with Gasteiger partial charge in [0.15, 0.2) is 0 Å². The predicted molar refractivity (Wildman–Crippen MR) is 130 cm³/mol. The molecule has 0 radical (unpaired) electrons. The van der Waals surface area contributed by atoms with Crippen LogP contribution < -0.4 is 0 Å². The molecule has 0 amide bonds. The zero-order valence-corrected chi connectivity index (χ0v) is 26.8. The maximum atomic E-state index is 10.3. The Morgan fingerprint density at radius 1 is 0.562 bits per heavy atom. The quantitative estimate of drug-likeness (QED) is 0.102. The fourth-order valence-corrected chi connectivity index (χ4v) is 0.0690. The van der Waals surface area contributed by atoms with Gasteiger partial charge in [0.05, 0.1) is 27.4 Å². The van der Waals surface area contributed by atoms with Gasteiger partial charge in [-0.25, -0.2) is 9.78 Å². The molecule has 0 atom stereocenters. The molecule has 0 saturated carbocycles. The van der Waals surface area contributed by atoms with Crippen LogP contribution in [0, 0.1) is 101 Å². The minimum atomic E-state index is -0.253. The summed E-state index contributed by atoms with van der Waals surface area (Å²) in [5.41, 5.74) is 0. The molecule has 0 heterocycles. The van der Waals surface area contributed by atoms with Crippen LogP contribution in [0.2, 0.25) is 0 Å². The van der Waals surface area contributed by atoms with Gasteiger partial charge in [-0.3, -0.25) is 10.5 Å². The average Bonchev–Trinajstić information content (AvgIpc) is 2.47. The molecule has 0 bridgehead atoms. The molecule has 8 nitrogen and oxygen atoms in total. The van der Waals surface area contributed by atoms with Gasteiger partial charge in [-0.05, 0) is 9.05 Å². The molecule has 0 spiro atoms. The third kappa shape index (κ3) is 820. The molecule has 0 unspecified atom stereocenters. The molecule has 0 aromatic carbocycles. The van der Waals surface area contributed by atoms with Gasteiger partial charge >= 0.3 is 0 Å². The van der Waals surface area contributed by atoms with Crippen LogP contribution in [0.25, 0.3) is 0 Å². The predicted octanol–water partition coefficient (Wildman–Crippen LogP) is 7.11. The average molecular weight is 1170 g/mol. The number of aliphatic hydroxyl groups excluding tert-OH is 2. The van der Waals surface area contributed by atoms with E-state index in [-0.39, 0.29) is 187 Å². The SMILES string of the molecule is C.C.C.C.C.C.C.C.C=C.C=C.COO.COO.OCCOF.OCCOF.[CH3-].[U].[U].[U]. The Labute approximate surface area is 273 Å². The Morgan fingerprint density at radius 3 is 0.656 bits per heavy atom. The van der Waals surface area contributed by atoms with Crippen molar-refractivity contribution in [3.05, 3.63) is 33.7 Å². The van der Waals surface area contributed by atoms with Crippen molar-refractivity contribution in [2.75, 3.05) is 40.6 Å². The van der Waals surface area contributed by atoms with E-state index in [1.165, 1.54) is 14.2 Å². The van der Waals surface area contributed by atoms with Crippen LogP contribution in [0.15, 0.2) is 26.3 Å². The first-order chi connectivity index (χ1) is 9.66. The largest absolute Gasteiger partial charge is 0.394 e. The Morgan fingerprint density at radius 2 is 0.656 bits per heavy atom. The minimum Gasteiger partial charge on any atom is -0.394 e. The van der Waals surface area contributed by atoms with Crippen molar-refractivity contribution in [2.24, 2.45) is 0 Å². The molecule has 0 aliphatic carbocycles. The second kappa shape index (κ2) is 332. The maximum absolute atomic E-state index is 10.3. The zero-order valence-electron chi connectivity index (χ0n) is 14.3. The van der Waals surface area contributed by atoms with E-state index in [1.807, 2.05) is 0 Å². The van der Waals surface area contributed by atoms with Gasteiger partial charge < -0.3 is 17.6 Å². The number of aliphatic hydroxyl groups is 2. The van der Waals surface area contributed by atoms with Crippen LogP contribution in [0.3, 0.4) is 0 Å². The van der Waals surface area contributed by atoms with Crippen LogP contribution in [0.4, 0.5) is 9.05 Å². The smallest absolute Gasteiger partial charge is 0.111 e. The number of hydrogen-bond donors (Lipinski definition) is 4. The monoisotopic (exact) mass is 1170 g/mol. The Hall–Kier alpha value is 2.18. The van der Waals surface area contributed by atoms with Gasteiger partial charge in [0.25, 0.3) is 0 Å². The van der Waals surface area contributed by atoms with Crippen molar-refractivity contribution in [2.45, 2.75) is 59.4 Å². The molecule has 4 N–H and O–H groups in total. The van der Waals surface area contributed by atoms with Crippen molar-refractivity contribution in [3.63, 3.8) is 0 Å². The third-order valence-corrected chi connectivity index (χ3v) is 0.337. The van der Waals surface area contributed by atoms with Gasteiger partial charge in [0.1, 0.15) is 13.2 Å². The molecule has 13 heteroatoms. The van der Waals surface area contributed by atoms with Crippen LogP contribution in [0.1, 0.15) is 59.4 Å². The van der Waals surface area contributed by atoms with Gasteiger partial charge in [0, 0.05) is 93.3 Å². The van der Waals surface area contributed by atoms with E-state index in [1.54, 1.807) is 0 Å². The molecule has 0 saturated heterocycles. The molecule has 0 fully saturated rings. The van der Waals surface area contributed by atoms with E-state index in [2.05, 4.69) is 46.0 Å². The molecular weight excluding hydrogens is 1110 g/mol. The molecule has 0 aliphatic heterocycles. The van der Waals surface area contributed by atoms with E-state index in [4.69, 9.17) is 20.7 Å². The van der Waals surface area contributed by atoms with E-state index in [9.17, 15) is 9.05 Å². The number of halogens is 2. The summed E-state index contributed by atoms with van der Waals surface area (Å²) in [6.45, 7) is 11.0. The van der Waals surface area contributed by atoms with Gasteiger partial charge in [0.2, 0.25) is 0 Å². The van der Waals surface area contributed by atoms with Crippen LogP contribution in [-0.4, -0.2) is 61.4 Å². The second-order valence-corrected chi connectivity index (χ2v) is 1.44. The van der Waals surface area contributed by atoms with Crippen LogP contribution in [0.5, 0.6) is 0 Å². The van der Waals surface area contributed by atoms with Gasteiger partial charge in [-0.2, -0.15) is 9.88 Å². The van der Waals surface area contributed by atoms with E-state index in [0.717, 1.165) is 0 Å².